The molecule has 1 aliphatic heterocycles. The van der Waals surface area contributed by atoms with Crippen LogP contribution in [0.3, 0.4) is 0 Å². The van der Waals surface area contributed by atoms with Gasteiger partial charge in [0.2, 0.25) is 0 Å². The molecular formula is C7H8ClF4NO2S2. The van der Waals surface area contributed by atoms with Crippen molar-refractivity contribution in [2.24, 2.45) is 0 Å². The highest BCUT2D eigenvalue weighted by Gasteiger charge is 2.62. The zero-order chi connectivity index (χ0) is 13.4. The van der Waals surface area contributed by atoms with Gasteiger partial charge in [0, 0.05) is 6.54 Å². The molecule has 0 spiro atoms. The van der Waals surface area contributed by atoms with E-state index in [4.69, 9.17) is 0 Å². The predicted molar refractivity (Wildman–Crippen MR) is 57.4 cm³/mol. The van der Waals surface area contributed by atoms with Crippen LogP contribution < -0.4 is 0 Å². The first kappa shape index (κ1) is 15.1. The van der Waals surface area contributed by atoms with Crippen LogP contribution in [0.1, 0.15) is 6.92 Å². The summed E-state index contributed by atoms with van der Waals surface area (Å²) in [7, 11) is -5.48. The number of alkyl halides is 5. The summed E-state index contributed by atoms with van der Waals surface area (Å²) >= 11 is 4.20. The zero-order valence-electron chi connectivity index (χ0n) is 8.46. The fourth-order valence-corrected chi connectivity index (χ4v) is 3.81. The van der Waals surface area contributed by atoms with Crippen LogP contribution in [0.15, 0.2) is 11.6 Å². The minimum atomic E-state index is -4.97. The second-order valence-corrected chi connectivity index (χ2v) is 6.83. The summed E-state index contributed by atoms with van der Waals surface area (Å²) in [6, 6.07) is 0. The molecule has 0 aromatic heterocycles. The van der Waals surface area contributed by atoms with E-state index in [1.807, 2.05) is 0 Å². The van der Waals surface area contributed by atoms with Crippen LogP contribution in [0.4, 0.5) is 17.6 Å². The fourth-order valence-electron chi connectivity index (χ4n) is 1.01. The van der Waals surface area contributed by atoms with Crippen LogP contribution in [0.5, 0.6) is 0 Å². The molecule has 0 aliphatic carbocycles. The van der Waals surface area contributed by atoms with Gasteiger partial charge in [0.1, 0.15) is 11.0 Å². The number of nitrogens with zero attached hydrogens (tertiary/aromatic N) is 1. The first-order chi connectivity index (χ1) is 7.57. The van der Waals surface area contributed by atoms with E-state index in [2.05, 4.69) is 11.6 Å². The summed E-state index contributed by atoms with van der Waals surface area (Å²) in [6.45, 7) is 1.25. The molecular weight excluding hydrogens is 306 g/mol. The zero-order valence-corrected chi connectivity index (χ0v) is 10.9. The molecule has 2 unspecified atom stereocenters. The van der Waals surface area contributed by atoms with Crippen molar-refractivity contribution in [3.63, 3.8) is 0 Å². The Morgan fingerprint density at radius 3 is 2.41 bits per heavy atom. The molecule has 0 saturated carbocycles. The maximum absolute atomic E-state index is 13.0. The van der Waals surface area contributed by atoms with E-state index in [-0.39, 0.29) is 12.3 Å². The molecule has 0 N–H and O–H groups in total. The molecule has 10 heteroatoms. The van der Waals surface area contributed by atoms with Crippen molar-refractivity contribution in [3.8, 4) is 0 Å². The van der Waals surface area contributed by atoms with Gasteiger partial charge >= 0.3 is 10.6 Å². The van der Waals surface area contributed by atoms with Crippen molar-refractivity contribution in [1.29, 1.82) is 0 Å². The molecule has 0 aromatic carbocycles. The van der Waals surface area contributed by atoms with Crippen molar-refractivity contribution >= 4 is 33.6 Å². The lowest BCUT2D eigenvalue weighted by molar-refractivity contribution is -0.0947. The lowest BCUT2D eigenvalue weighted by Crippen LogP contribution is -2.48. The minimum Gasteiger partial charge on any atom is -0.241 e. The van der Waals surface area contributed by atoms with Gasteiger partial charge in [-0.15, -0.1) is 3.71 Å². The maximum atomic E-state index is 13.0. The highest BCUT2D eigenvalue weighted by atomic mass is 35.5. The number of hydrogen-bond acceptors (Lipinski definition) is 2. The molecule has 0 bridgehead atoms. The topological polar surface area (TPSA) is 37.4 Å². The molecule has 0 saturated heterocycles. The molecule has 100 valence electrons. The third kappa shape index (κ3) is 3.07. The van der Waals surface area contributed by atoms with E-state index in [9.17, 15) is 26.0 Å². The van der Waals surface area contributed by atoms with Crippen molar-refractivity contribution in [2.45, 2.75) is 17.6 Å². The summed E-state index contributed by atoms with van der Waals surface area (Å²) in [6.07, 6.45) is 1.39. The van der Waals surface area contributed by atoms with Gasteiger partial charge in [-0.3, -0.25) is 0 Å². The molecule has 1 heterocycles. The Hall–Kier alpha value is 0.01000. The van der Waals surface area contributed by atoms with Crippen LogP contribution in [-0.2, 0) is 22.0 Å². The molecule has 2 atom stereocenters. The normalized spacial score (nSPS) is 25.5. The van der Waals surface area contributed by atoms with Crippen LogP contribution in [0.2, 0.25) is 0 Å². The van der Waals surface area contributed by atoms with Gasteiger partial charge in [-0.1, -0.05) is 11.6 Å². The Balaban J connectivity index is 2.96. The van der Waals surface area contributed by atoms with E-state index in [1.54, 1.807) is 6.92 Å². The minimum absolute atomic E-state index is 0.115. The Morgan fingerprint density at radius 1 is 1.47 bits per heavy atom. The number of halogens is 5. The summed E-state index contributed by atoms with van der Waals surface area (Å²) in [5.74, 6) is -0.115. The average molecular weight is 314 g/mol. The molecule has 17 heavy (non-hydrogen) atoms. The second-order valence-electron chi connectivity index (χ2n) is 3.30. The highest BCUT2D eigenvalue weighted by Crippen LogP contribution is 2.41. The molecule has 0 amide bonds. The molecule has 3 nitrogen and oxygen atoms in total. The summed E-state index contributed by atoms with van der Waals surface area (Å²) < 4.78 is 73.8. The Labute approximate surface area is 105 Å². The first-order valence-electron chi connectivity index (χ1n) is 4.25. The summed E-state index contributed by atoms with van der Waals surface area (Å²) in [5.41, 5.74) is 0.650. The van der Waals surface area contributed by atoms with Crippen molar-refractivity contribution in [2.75, 3.05) is 12.3 Å². The van der Waals surface area contributed by atoms with Crippen LogP contribution >= 0.6 is 11.6 Å². The molecule has 0 fully saturated rings. The highest BCUT2D eigenvalue weighted by molar-refractivity contribution is 7.98. The predicted octanol–water partition coefficient (Wildman–Crippen LogP) is 2.00. The van der Waals surface area contributed by atoms with Gasteiger partial charge in [-0.25, -0.2) is 8.42 Å². The van der Waals surface area contributed by atoms with Gasteiger partial charge in [-0.05, 0) is 18.5 Å². The third-order valence-corrected chi connectivity index (χ3v) is 5.68. The monoisotopic (exact) mass is 313 g/mol. The van der Waals surface area contributed by atoms with Gasteiger partial charge < -0.3 is 0 Å². The van der Waals surface area contributed by atoms with E-state index in [1.165, 1.54) is 6.08 Å². The fraction of sp³-hybridized carbons (Fsp3) is 0.714. The van der Waals surface area contributed by atoms with Gasteiger partial charge in [0.25, 0.3) is 0 Å². The summed E-state index contributed by atoms with van der Waals surface area (Å²) in [4.78, 5) is 0. The largest absolute Gasteiger partial charge is 0.411 e. The van der Waals surface area contributed by atoms with Crippen LogP contribution in [0, 0.1) is 0 Å². The lowest BCUT2D eigenvalue weighted by Gasteiger charge is -2.28. The quantitative estimate of drug-likeness (QED) is 0.454. The first-order valence-corrected chi connectivity index (χ1v) is 7.01. The standard InChI is InChI=1S/C7H8ClF4NO2S2/c1-5-2-3-13(16(14)4-5)17(15)7(11,12)6(8,9)10/h2H,3-4H2,1H3. The number of rotatable bonds is 3. The van der Waals surface area contributed by atoms with Crippen molar-refractivity contribution < 1.29 is 26.0 Å². The SMILES string of the molecule is CC1=CCN(S(=O)C(F)(F)C(F)(F)Cl)S(=O)C1. The van der Waals surface area contributed by atoms with Gasteiger partial charge in [0.05, 0.1) is 5.75 Å². The number of hydrogen-bond donors (Lipinski definition) is 0. The van der Waals surface area contributed by atoms with Crippen LogP contribution in [0.25, 0.3) is 0 Å². The Bertz CT molecular complexity index is 396. The van der Waals surface area contributed by atoms with E-state index < -0.39 is 32.6 Å². The smallest absolute Gasteiger partial charge is 0.241 e. The Morgan fingerprint density at radius 2 is 2.00 bits per heavy atom. The molecule has 0 aromatic rings. The average Bonchev–Trinajstić information content (AvgIpc) is 2.14. The molecule has 1 aliphatic rings. The summed E-state index contributed by atoms with van der Waals surface area (Å²) in [5, 5.41) is -9.93. The van der Waals surface area contributed by atoms with Crippen molar-refractivity contribution in [3.05, 3.63) is 11.6 Å². The second kappa shape index (κ2) is 4.94. The van der Waals surface area contributed by atoms with Gasteiger partial charge in [-0.2, -0.15) is 17.6 Å². The molecule has 1 rings (SSSR count). The Kier molecular flexibility index (Phi) is 4.38. The molecule has 0 radical (unpaired) electrons. The van der Waals surface area contributed by atoms with E-state index in [0.29, 0.717) is 9.28 Å². The van der Waals surface area contributed by atoms with E-state index in [0.717, 1.165) is 0 Å². The lowest BCUT2D eigenvalue weighted by atomic mass is 10.3. The van der Waals surface area contributed by atoms with E-state index >= 15 is 0 Å². The third-order valence-electron chi connectivity index (χ3n) is 1.90. The van der Waals surface area contributed by atoms with Gasteiger partial charge in [0.15, 0.2) is 11.0 Å². The van der Waals surface area contributed by atoms with Crippen molar-refractivity contribution in [1.82, 2.24) is 3.71 Å². The maximum Gasteiger partial charge on any atom is 0.411 e. The van der Waals surface area contributed by atoms with Crippen LogP contribution in [-0.4, -0.2) is 35.1 Å².